The maximum Gasteiger partial charge on any atom is 0.0345 e. The average molecular weight is 259 g/mol. The first-order chi connectivity index (χ1) is 8.61. The van der Waals surface area contributed by atoms with Crippen molar-refractivity contribution in [2.45, 2.75) is 32.6 Å². The highest BCUT2D eigenvalue weighted by molar-refractivity contribution is 7.13. The molecule has 1 heterocycles. The second-order valence-electron chi connectivity index (χ2n) is 5.16. The van der Waals surface area contributed by atoms with E-state index in [1.54, 1.807) is 11.3 Å². The van der Waals surface area contributed by atoms with Gasteiger partial charge in [0, 0.05) is 4.88 Å². The second kappa shape index (κ2) is 5.68. The van der Waals surface area contributed by atoms with Gasteiger partial charge in [0.25, 0.3) is 0 Å². The topological polar surface area (TPSA) is 26.0 Å². The van der Waals surface area contributed by atoms with Gasteiger partial charge in [0.15, 0.2) is 0 Å². The molecule has 0 aliphatic rings. The van der Waals surface area contributed by atoms with Crippen LogP contribution in [0.3, 0.4) is 0 Å². The Morgan fingerprint density at radius 1 is 1.06 bits per heavy atom. The fourth-order valence-corrected chi connectivity index (χ4v) is 2.97. The van der Waals surface area contributed by atoms with Gasteiger partial charge < -0.3 is 5.73 Å². The van der Waals surface area contributed by atoms with Crippen molar-refractivity contribution in [2.24, 2.45) is 5.73 Å². The second-order valence-corrected chi connectivity index (χ2v) is 6.07. The summed E-state index contributed by atoms with van der Waals surface area (Å²) in [6, 6.07) is 11.2. The fourth-order valence-electron chi connectivity index (χ4n) is 1.93. The van der Waals surface area contributed by atoms with Crippen molar-refractivity contribution < 1.29 is 0 Å². The highest BCUT2D eigenvalue weighted by Crippen LogP contribution is 2.31. The molecule has 2 heteroatoms. The molecular formula is C16H21NS. The van der Waals surface area contributed by atoms with Crippen LogP contribution in [-0.2, 0) is 0 Å². The van der Waals surface area contributed by atoms with Crippen LogP contribution in [-0.4, -0.2) is 6.54 Å². The lowest BCUT2D eigenvalue weighted by Gasteiger charge is -2.06. The van der Waals surface area contributed by atoms with Crippen molar-refractivity contribution in [3.63, 3.8) is 0 Å². The van der Waals surface area contributed by atoms with Crippen molar-refractivity contribution in [3.8, 4) is 10.4 Å². The van der Waals surface area contributed by atoms with Gasteiger partial charge in [0.05, 0.1) is 0 Å². The number of hydrogen-bond donors (Lipinski definition) is 1. The van der Waals surface area contributed by atoms with Crippen LogP contribution >= 0.6 is 11.3 Å². The lowest BCUT2D eigenvalue weighted by Crippen LogP contribution is -2.07. The third kappa shape index (κ3) is 2.82. The number of rotatable bonds is 4. The van der Waals surface area contributed by atoms with Crippen molar-refractivity contribution in [1.29, 1.82) is 0 Å². The predicted octanol–water partition coefficient (Wildman–Crippen LogP) is 4.60. The molecule has 0 saturated carbocycles. The van der Waals surface area contributed by atoms with Crippen LogP contribution in [0, 0.1) is 0 Å². The van der Waals surface area contributed by atoms with Gasteiger partial charge in [-0.3, -0.25) is 0 Å². The molecule has 96 valence electrons. The quantitative estimate of drug-likeness (QED) is 0.853. The standard InChI is InChI=1S/C16H21NS/c1-11(2)13-4-6-14(7-5-13)16-8-15(10-18-16)12(3)9-17/h4-8,10-12H,9,17H2,1-3H3. The van der Waals surface area contributed by atoms with Crippen molar-refractivity contribution >= 4 is 11.3 Å². The molecular weight excluding hydrogens is 238 g/mol. The molecule has 0 aliphatic heterocycles. The number of thiophene rings is 1. The maximum absolute atomic E-state index is 5.71. The van der Waals surface area contributed by atoms with E-state index < -0.39 is 0 Å². The molecule has 1 aromatic heterocycles. The molecule has 1 atom stereocenters. The molecule has 0 saturated heterocycles. The first kappa shape index (κ1) is 13.3. The Morgan fingerprint density at radius 3 is 2.28 bits per heavy atom. The zero-order chi connectivity index (χ0) is 13.1. The highest BCUT2D eigenvalue weighted by atomic mass is 32.1. The van der Waals surface area contributed by atoms with E-state index in [9.17, 15) is 0 Å². The Kier molecular flexibility index (Phi) is 4.20. The van der Waals surface area contributed by atoms with E-state index in [-0.39, 0.29) is 0 Å². The van der Waals surface area contributed by atoms with Crippen LogP contribution in [0.15, 0.2) is 35.7 Å². The van der Waals surface area contributed by atoms with Crippen LogP contribution in [0.4, 0.5) is 0 Å². The molecule has 2 rings (SSSR count). The Balaban J connectivity index is 2.23. The molecule has 2 N–H and O–H groups in total. The van der Waals surface area contributed by atoms with Gasteiger partial charge in [0.2, 0.25) is 0 Å². The minimum absolute atomic E-state index is 0.449. The zero-order valence-corrected chi connectivity index (χ0v) is 12.1. The van der Waals surface area contributed by atoms with Crippen molar-refractivity contribution in [1.82, 2.24) is 0 Å². The number of hydrogen-bond acceptors (Lipinski definition) is 2. The number of nitrogens with two attached hydrogens (primary N) is 1. The molecule has 1 nitrogen and oxygen atoms in total. The Labute approximate surface area is 114 Å². The third-order valence-corrected chi connectivity index (χ3v) is 4.40. The summed E-state index contributed by atoms with van der Waals surface area (Å²) in [7, 11) is 0. The molecule has 18 heavy (non-hydrogen) atoms. The van der Waals surface area contributed by atoms with E-state index in [1.165, 1.54) is 21.6 Å². The fraction of sp³-hybridized carbons (Fsp3) is 0.375. The summed E-state index contributed by atoms with van der Waals surface area (Å²) in [6.45, 7) is 7.33. The normalized spacial score (nSPS) is 12.9. The third-order valence-electron chi connectivity index (χ3n) is 3.40. The summed E-state index contributed by atoms with van der Waals surface area (Å²) < 4.78 is 0. The van der Waals surface area contributed by atoms with Crippen molar-refractivity contribution in [3.05, 3.63) is 46.8 Å². The summed E-state index contributed by atoms with van der Waals surface area (Å²) in [6.07, 6.45) is 0. The minimum Gasteiger partial charge on any atom is -0.330 e. The molecule has 0 radical (unpaired) electrons. The largest absolute Gasteiger partial charge is 0.330 e. The molecule has 0 bridgehead atoms. The van der Waals surface area contributed by atoms with E-state index in [1.807, 2.05) is 0 Å². The molecule has 1 aromatic carbocycles. The van der Waals surface area contributed by atoms with E-state index in [4.69, 9.17) is 5.73 Å². The Morgan fingerprint density at radius 2 is 1.72 bits per heavy atom. The van der Waals surface area contributed by atoms with Gasteiger partial charge in [0.1, 0.15) is 0 Å². The average Bonchev–Trinajstić information content (AvgIpc) is 2.87. The van der Waals surface area contributed by atoms with E-state index in [0.717, 1.165) is 0 Å². The van der Waals surface area contributed by atoms with E-state index in [0.29, 0.717) is 18.4 Å². The first-order valence-electron chi connectivity index (χ1n) is 6.50. The maximum atomic E-state index is 5.71. The van der Waals surface area contributed by atoms with Crippen LogP contribution in [0.2, 0.25) is 0 Å². The van der Waals surface area contributed by atoms with Gasteiger partial charge in [-0.25, -0.2) is 0 Å². The van der Waals surface area contributed by atoms with Crippen molar-refractivity contribution in [2.75, 3.05) is 6.54 Å². The zero-order valence-electron chi connectivity index (χ0n) is 11.3. The molecule has 2 aromatic rings. The lowest BCUT2D eigenvalue weighted by atomic mass is 10.0. The summed E-state index contributed by atoms with van der Waals surface area (Å²) in [5.41, 5.74) is 9.76. The van der Waals surface area contributed by atoms with Gasteiger partial charge in [-0.2, -0.15) is 0 Å². The molecule has 0 amide bonds. The van der Waals surface area contributed by atoms with Crippen LogP contribution in [0.1, 0.15) is 43.7 Å². The summed E-state index contributed by atoms with van der Waals surface area (Å²) >= 11 is 1.81. The number of benzene rings is 1. The van der Waals surface area contributed by atoms with Gasteiger partial charge in [-0.1, -0.05) is 45.0 Å². The monoisotopic (exact) mass is 259 g/mol. The lowest BCUT2D eigenvalue weighted by molar-refractivity contribution is 0.778. The minimum atomic E-state index is 0.449. The first-order valence-corrected chi connectivity index (χ1v) is 7.38. The molecule has 1 unspecified atom stereocenters. The van der Waals surface area contributed by atoms with E-state index >= 15 is 0 Å². The van der Waals surface area contributed by atoms with E-state index in [2.05, 4.69) is 56.5 Å². The Bertz CT molecular complexity index is 496. The molecule has 0 spiro atoms. The SMILES string of the molecule is CC(C)c1ccc(-c2cc(C(C)CN)cs2)cc1. The summed E-state index contributed by atoms with van der Waals surface area (Å²) in [4.78, 5) is 1.33. The summed E-state index contributed by atoms with van der Waals surface area (Å²) in [5.74, 6) is 1.04. The highest BCUT2D eigenvalue weighted by Gasteiger charge is 2.08. The van der Waals surface area contributed by atoms with Gasteiger partial charge in [-0.05, 0) is 46.5 Å². The van der Waals surface area contributed by atoms with Gasteiger partial charge >= 0.3 is 0 Å². The molecule has 0 fully saturated rings. The molecule has 0 aliphatic carbocycles. The Hall–Kier alpha value is -1.12. The van der Waals surface area contributed by atoms with Gasteiger partial charge in [-0.15, -0.1) is 11.3 Å². The predicted molar refractivity (Wildman–Crippen MR) is 81.3 cm³/mol. The smallest absolute Gasteiger partial charge is 0.0345 e. The summed E-state index contributed by atoms with van der Waals surface area (Å²) in [5, 5.41) is 2.23. The van der Waals surface area contributed by atoms with Crippen LogP contribution in [0.25, 0.3) is 10.4 Å². The van der Waals surface area contributed by atoms with Crippen LogP contribution < -0.4 is 5.73 Å². The van der Waals surface area contributed by atoms with Crippen LogP contribution in [0.5, 0.6) is 0 Å².